The van der Waals surface area contributed by atoms with Crippen LogP contribution in [-0.2, 0) is 14.1 Å². The van der Waals surface area contributed by atoms with E-state index in [1.54, 1.807) is 11.6 Å². The zero-order valence-corrected chi connectivity index (χ0v) is 11.9. The van der Waals surface area contributed by atoms with Crippen molar-refractivity contribution in [2.24, 2.45) is 14.1 Å². The summed E-state index contributed by atoms with van der Waals surface area (Å²) in [5.74, 6) is 0.519. The summed E-state index contributed by atoms with van der Waals surface area (Å²) in [7, 11) is 3.20. The summed E-state index contributed by atoms with van der Waals surface area (Å²) in [5, 5.41) is 0. The molecule has 0 unspecified atom stereocenters. The van der Waals surface area contributed by atoms with Gasteiger partial charge in [0.25, 0.3) is 5.56 Å². The smallest absolute Gasteiger partial charge is 0.330 e. The zero-order chi connectivity index (χ0) is 13.0. The van der Waals surface area contributed by atoms with Gasteiger partial charge in [0.1, 0.15) is 6.10 Å². The Morgan fingerprint density at radius 1 is 1.22 bits per heavy atom. The van der Waals surface area contributed by atoms with E-state index in [0.29, 0.717) is 5.75 Å². The van der Waals surface area contributed by atoms with Gasteiger partial charge in [-0.05, 0) is 12.8 Å². The monoisotopic (exact) mass is 314 g/mol. The Balaban J connectivity index is 2.25. The van der Waals surface area contributed by atoms with E-state index >= 15 is 0 Å². The molecule has 0 saturated heterocycles. The number of hydrogen-bond acceptors (Lipinski definition) is 3. The van der Waals surface area contributed by atoms with Gasteiger partial charge in [0.15, 0.2) is 0 Å². The summed E-state index contributed by atoms with van der Waals surface area (Å²) in [4.78, 5) is 24.3. The molecule has 0 N–H and O–H groups in total. The van der Waals surface area contributed by atoms with E-state index in [4.69, 9.17) is 4.74 Å². The van der Waals surface area contributed by atoms with Gasteiger partial charge in [0, 0.05) is 20.0 Å². The van der Waals surface area contributed by atoms with Gasteiger partial charge in [-0.25, -0.2) is 4.79 Å². The van der Waals surface area contributed by atoms with Crippen LogP contribution < -0.4 is 16.0 Å². The van der Waals surface area contributed by atoms with Gasteiger partial charge in [-0.3, -0.25) is 13.9 Å². The van der Waals surface area contributed by atoms with Crippen molar-refractivity contribution in [3.05, 3.63) is 26.5 Å². The number of halogens is 1. The highest BCUT2D eigenvalue weighted by molar-refractivity contribution is 9.09. The molecule has 1 aromatic rings. The van der Waals surface area contributed by atoms with Crippen LogP contribution in [0.3, 0.4) is 0 Å². The number of hydrogen-bond donors (Lipinski definition) is 0. The molecule has 2 aliphatic rings. The third kappa shape index (κ3) is 1.44. The molecule has 0 bridgehead atoms. The highest BCUT2D eigenvalue weighted by Gasteiger charge is 2.44. The second-order valence-corrected chi connectivity index (χ2v) is 6.23. The molecule has 1 fully saturated rings. The quantitative estimate of drug-likeness (QED) is 0.668. The van der Waals surface area contributed by atoms with Crippen LogP contribution in [0.15, 0.2) is 9.59 Å². The van der Waals surface area contributed by atoms with E-state index in [9.17, 15) is 9.59 Å². The van der Waals surface area contributed by atoms with Crippen LogP contribution in [0.5, 0.6) is 5.75 Å². The summed E-state index contributed by atoms with van der Waals surface area (Å²) >= 11 is 3.62. The van der Waals surface area contributed by atoms with Gasteiger partial charge in [0.2, 0.25) is 5.75 Å². The molecule has 0 amide bonds. The minimum absolute atomic E-state index is 0.0190. The fourth-order valence-electron chi connectivity index (χ4n) is 3.05. The van der Waals surface area contributed by atoms with Crippen molar-refractivity contribution in [3.8, 4) is 5.75 Å². The fraction of sp³-hybridized carbons (Fsp3) is 0.667. The lowest BCUT2D eigenvalue weighted by Crippen LogP contribution is -2.38. The average Bonchev–Trinajstić information content (AvgIpc) is 2.75. The maximum absolute atomic E-state index is 12.1. The van der Waals surface area contributed by atoms with Crippen molar-refractivity contribution in [3.63, 3.8) is 0 Å². The topological polar surface area (TPSA) is 53.2 Å². The fourth-order valence-corrected chi connectivity index (χ4v) is 3.85. The van der Waals surface area contributed by atoms with Crippen molar-refractivity contribution in [1.29, 1.82) is 0 Å². The second-order valence-electron chi connectivity index (χ2n) is 5.06. The maximum atomic E-state index is 12.1. The molecular formula is C12H15BrN2O3. The molecule has 1 aromatic heterocycles. The van der Waals surface area contributed by atoms with Crippen LogP contribution in [0.1, 0.15) is 30.9 Å². The van der Waals surface area contributed by atoms with Gasteiger partial charge in [-0.2, -0.15) is 0 Å². The summed E-state index contributed by atoms with van der Waals surface area (Å²) in [5.41, 5.74) is 0.180. The molecule has 1 aliphatic heterocycles. The van der Waals surface area contributed by atoms with Gasteiger partial charge in [-0.15, -0.1) is 0 Å². The van der Waals surface area contributed by atoms with E-state index in [2.05, 4.69) is 15.9 Å². The molecule has 98 valence electrons. The van der Waals surface area contributed by atoms with E-state index in [0.717, 1.165) is 29.5 Å². The predicted octanol–water partition coefficient (Wildman–Crippen LogP) is 0.876. The lowest BCUT2D eigenvalue weighted by Gasteiger charge is -2.28. The van der Waals surface area contributed by atoms with Crippen molar-refractivity contribution in [2.75, 3.05) is 0 Å². The molecule has 6 heteroatoms. The van der Waals surface area contributed by atoms with Crippen LogP contribution >= 0.6 is 15.9 Å². The molecule has 18 heavy (non-hydrogen) atoms. The first-order valence-corrected chi connectivity index (χ1v) is 7.04. The zero-order valence-electron chi connectivity index (χ0n) is 10.4. The van der Waals surface area contributed by atoms with E-state index in [-0.39, 0.29) is 28.1 Å². The highest BCUT2D eigenvalue weighted by atomic mass is 79.9. The molecule has 3 atom stereocenters. The normalized spacial score (nSPS) is 29.6. The first-order chi connectivity index (χ1) is 8.52. The van der Waals surface area contributed by atoms with Gasteiger partial charge in [-0.1, -0.05) is 22.4 Å². The number of rotatable bonds is 0. The Kier molecular flexibility index (Phi) is 2.66. The van der Waals surface area contributed by atoms with E-state index < -0.39 is 0 Å². The molecule has 1 saturated carbocycles. The Labute approximate surface area is 113 Å². The van der Waals surface area contributed by atoms with E-state index in [1.807, 2.05) is 0 Å². The predicted molar refractivity (Wildman–Crippen MR) is 70.6 cm³/mol. The molecule has 0 radical (unpaired) electrons. The van der Waals surface area contributed by atoms with Gasteiger partial charge in [0.05, 0.1) is 10.5 Å². The Morgan fingerprint density at radius 3 is 2.67 bits per heavy atom. The third-order valence-corrected chi connectivity index (χ3v) is 5.00. The minimum Gasteiger partial charge on any atom is -0.481 e. The molecular weight excluding hydrogens is 300 g/mol. The molecule has 1 aliphatic carbocycles. The summed E-state index contributed by atoms with van der Waals surface area (Å²) < 4.78 is 8.50. The SMILES string of the molecule is Cn1c2c(c(=O)n(C)c1=O)O[C@H]1[C@H](Br)CCC[C@@H]21. The molecule has 3 rings (SSSR count). The summed E-state index contributed by atoms with van der Waals surface area (Å²) in [6.45, 7) is 0. The van der Waals surface area contributed by atoms with Crippen molar-refractivity contribution < 1.29 is 4.74 Å². The van der Waals surface area contributed by atoms with Crippen LogP contribution in [0, 0.1) is 0 Å². The van der Waals surface area contributed by atoms with Crippen LogP contribution in [0.25, 0.3) is 0 Å². The van der Waals surface area contributed by atoms with E-state index in [1.165, 1.54) is 7.05 Å². The maximum Gasteiger partial charge on any atom is 0.330 e. The largest absolute Gasteiger partial charge is 0.481 e. The molecule has 5 nitrogen and oxygen atoms in total. The number of ether oxygens (including phenoxy) is 1. The number of alkyl halides is 1. The Morgan fingerprint density at radius 2 is 1.94 bits per heavy atom. The second kappa shape index (κ2) is 3.98. The first-order valence-electron chi connectivity index (χ1n) is 6.13. The summed E-state index contributed by atoms with van der Waals surface area (Å²) in [6, 6.07) is 0. The van der Waals surface area contributed by atoms with Gasteiger partial charge >= 0.3 is 5.69 Å². The Bertz CT molecular complexity index is 619. The highest BCUT2D eigenvalue weighted by Crippen LogP contribution is 2.45. The lowest BCUT2D eigenvalue weighted by atomic mass is 9.85. The number of aromatic nitrogens is 2. The number of fused-ring (bicyclic) bond motifs is 3. The molecule has 0 spiro atoms. The third-order valence-electron chi connectivity index (χ3n) is 4.02. The molecule has 2 heterocycles. The Hall–Kier alpha value is -1.04. The molecule has 0 aromatic carbocycles. The van der Waals surface area contributed by atoms with Crippen LogP contribution in [-0.4, -0.2) is 20.1 Å². The standard InChI is InChI=1S/C12H15BrN2O3/c1-14-8-6-4-3-5-7(13)9(6)18-10(8)11(16)15(2)12(14)17/h6-7,9H,3-5H2,1-2H3/t6-,7+,9+/m0/s1. The first kappa shape index (κ1) is 12.0. The minimum atomic E-state index is -0.317. The number of nitrogens with zero attached hydrogens (tertiary/aromatic N) is 2. The lowest BCUT2D eigenvalue weighted by molar-refractivity contribution is 0.171. The van der Waals surface area contributed by atoms with Crippen molar-refractivity contribution >= 4 is 15.9 Å². The summed E-state index contributed by atoms with van der Waals surface area (Å²) in [6.07, 6.45) is 3.09. The van der Waals surface area contributed by atoms with Crippen LogP contribution in [0.2, 0.25) is 0 Å². The van der Waals surface area contributed by atoms with Crippen molar-refractivity contribution in [2.45, 2.75) is 36.1 Å². The van der Waals surface area contributed by atoms with Crippen LogP contribution in [0.4, 0.5) is 0 Å². The van der Waals surface area contributed by atoms with Gasteiger partial charge < -0.3 is 4.74 Å². The van der Waals surface area contributed by atoms with Crippen molar-refractivity contribution in [1.82, 2.24) is 9.13 Å². The average molecular weight is 315 g/mol.